The Morgan fingerprint density at radius 2 is 1.86 bits per heavy atom. The maximum Gasteiger partial charge on any atom is 0.306 e. The molecule has 1 rings (SSSR count). The first kappa shape index (κ1) is 16.7. The molecule has 0 bridgehead atoms. The van der Waals surface area contributed by atoms with Crippen LogP contribution in [0.5, 0.6) is 0 Å². The fourth-order valence-corrected chi connectivity index (χ4v) is 1.44. The third-order valence-corrected chi connectivity index (χ3v) is 2.50. The summed E-state index contributed by atoms with van der Waals surface area (Å²) in [6.45, 7) is 1.79. The van der Waals surface area contributed by atoms with E-state index in [0.29, 0.717) is 6.07 Å². The number of esters is 1. The predicted octanol–water partition coefficient (Wildman–Crippen LogP) is 1.15. The van der Waals surface area contributed by atoms with E-state index in [0.717, 1.165) is 12.1 Å². The van der Waals surface area contributed by atoms with Gasteiger partial charge in [0.05, 0.1) is 13.0 Å². The molecule has 1 aromatic rings. The molecule has 2 N–H and O–H groups in total. The highest BCUT2D eigenvalue weighted by Gasteiger charge is 2.21. The molecule has 0 saturated carbocycles. The molecular formula is C13H14F2N2O4. The van der Waals surface area contributed by atoms with E-state index in [1.165, 1.54) is 0 Å². The molecule has 0 aromatic heterocycles. The molecule has 114 valence electrons. The number of carbonyl (C=O) groups excluding carboxylic acids is 3. The minimum atomic E-state index is -1.23. The van der Waals surface area contributed by atoms with Crippen molar-refractivity contribution in [3.8, 4) is 0 Å². The van der Waals surface area contributed by atoms with E-state index in [4.69, 9.17) is 5.84 Å². The third kappa shape index (κ3) is 4.60. The van der Waals surface area contributed by atoms with Gasteiger partial charge in [-0.15, -0.1) is 0 Å². The molecule has 1 aromatic carbocycles. The minimum Gasteiger partial charge on any atom is -0.466 e. The van der Waals surface area contributed by atoms with Crippen molar-refractivity contribution in [1.82, 2.24) is 5.01 Å². The summed E-state index contributed by atoms with van der Waals surface area (Å²) in [6.07, 6.45) is -0.559. The lowest BCUT2D eigenvalue weighted by molar-refractivity contribution is -0.145. The lowest BCUT2D eigenvalue weighted by atomic mass is 10.2. The Morgan fingerprint density at radius 3 is 2.43 bits per heavy atom. The van der Waals surface area contributed by atoms with Crippen LogP contribution in [0.25, 0.3) is 0 Å². The van der Waals surface area contributed by atoms with E-state index in [1.807, 2.05) is 0 Å². The van der Waals surface area contributed by atoms with Gasteiger partial charge in [0.25, 0.3) is 5.91 Å². The normalized spacial score (nSPS) is 10.1. The summed E-state index contributed by atoms with van der Waals surface area (Å²) < 4.78 is 30.4. The molecule has 0 spiro atoms. The fraction of sp³-hybridized carbons (Fsp3) is 0.308. The van der Waals surface area contributed by atoms with Gasteiger partial charge in [0.15, 0.2) is 11.6 Å². The molecule has 0 saturated heterocycles. The summed E-state index contributed by atoms with van der Waals surface area (Å²) in [6, 6.07) is 2.38. The summed E-state index contributed by atoms with van der Waals surface area (Å²) in [4.78, 5) is 34.5. The molecule has 0 fully saturated rings. The van der Waals surface area contributed by atoms with Crippen LogP contribution < -0.4 is 5.84 Å². The minimum absolute atomic E-state index is 0.174. The van der Waals surface area contributed by atoms with E-state index in [-0.39, 0.29) is 30.0 Å². The Morgan fingerprint density at radius 1 is 1.19 bits per heavy atom. The molecule has 0 heterocycles. The van der Waals surface area contributed by atoms with Gasteiger partial charge < -0.3 is 4.74 Å². The van der Waals surface area contributed by atoms with Gasteiger partial charge in [-0.3, -0.25) is 14.4 Å². The zero-order valence-electron chi connectivity index (χ0n) is 11.3. The Labute approximate surface area is 119 Å². The summed E-state index contributed by atoms with van der Waals surface area (Å²) in [7, 11) is 0. The van der Waals surface area contributed by atoms with Gasteiger partial charge in [-0.25, -0.2) is 19.6 Å². The lowest BCUT2D eigenvalue weighted by Gasteiger charge is -2.14. The number of ether oxygens (including phenoxy) is 1. The van der Waals surface area contributed by atoms with Crippen molar-refractivity contribution in [1.29, 1.82) is 0 Å². The zero-order valence-corrected chi connectivity index (χ0v) is 11.3. The van der Waals surface area contributed by atoms with Crippen molar-refractivity contribution in [3.63, 3.8) is 0 Å². The van der Waals surface area contributed by atoms with E-state index < -0.39 is 29.4 Å². The van der Waals surface area contributed by atoms with E-state index in [9.17, 15) is 23.2 Å². The number of hydrazine groups is 1. The number of halogens is 2. The van der Waals surface area contributed by atoms with E-state index >= 15 is 0 Å². The van der Waals surface area contributed by atoms with Gasteiger partial charge in [0, 0.05) is 12.0 Å². The van der Waals surface area contributed by atoms with Gasteiger partial charge >= 0.3 is 5.97 Å². The van der Waals surface area contributed by atoms with E-state index in [1.54, 1.807) is 6.92 Å². The summed E-state index contributed by atoms with van der Waals surface area (Å²) in [5.41, 5.74) is -0.277. The Bertz CT molecular complexity index is 563. The molecule has 21 heavy (non-hydrogen) atoms. The second-order valence-electron chi connectivity index (χ2n) is 4.00. The number of hydrogen-bond acceptors (Lipinski definition) is 5. The van der Waals surface area contributed by atoms with Crippen LogP contribution in [-0.4, -0.2) is 29.4 Å². The van der Waals surface area contributed by atoms with Crippen LogP contribution >= 0.6 is 0 Å². The maximum absolute atomic E-state index is 13.0. The quantitative estimate of drug-likeness (QED) is 0.381. The highest BCUT2D eigenvalue weighted by molar-refractivity contribution is 6.04. The molecule has 0 aliphatic rings. The van der Waals surface area contributed by atoms with Crippen LogP contribution in [0.3, 0.4) is 0 Å². The first-order valence-corrected chi connectivity index (χ1v) is 6.09. The fourth-order valence-electron chi connectivity index (χ4n) is 1.44. The monoisotopic (exact) mass is 300 g/mol. The summed E-state index contributed by atoms with van der Waals surface area (Å²) in [5, 5.41) is 0.256. The SMILES string of the molecule is CCOC(=O)CCC(=O)N(N)C(=O)c1ccc(F)c(F)c1. The number of imide groups is 1. The second-order valence-corrected chi connectivity index (χ2v) is 4.00. The summed E-state index contributed by atoms with van der Waals surface area (Å²) in [5.74, 6) is 0.526. The van der Waals surface area contributed by atoms with Crippen molar-refractivity contribution in [3.05, 3.63) is 35.4 Å². The smallest absolute Gasteiger partial charge is 0.306 e. The van der Waals surface area contributed by atoms with Crippen LogP contribution in [0.4, 0.5) is 8.78 Å². The molecule has 0 aliphatic carbocycles. The van der Waals surface area contributed by atoms with Crippen molar-refractivity contribution >= 4 is 17.8 Å². The molecule has 0 unspecified atom stereocenters. The number of hydrogen-bond donors (Lipinski definition) is 1. The number of carbonyl (C=O) groups is 3. The largest absolute Gasteiger partial charge is 0.466 e. The van der Waals surface area contributed by atoms with Crippen molar-refractivity contribution in [2.75, 3.05) is 6.61 Å². The molecule has 2 amide bonds. The summed E-state index contributed by atoms with van der Waals surface area (Å²) >= 11 is 0. The predicted molar refractivity (Wildman–Crippen MR) is 67.6 cm³/mol. The van der Waals surface area contributed by atoms with Crippen molar-refractivity contribution in [2.45, 2.75) is 19.8 Å². The Balaban J connectivity index is 2.66. The maximum atomic E-state index is 13.0. The van der Waals surface area contributed by atoms with Gasteiger partial charge in [-0.05, 0) is 25.1 Å². The molecule has 0 atom stereocenters. The molecule has 6 nitrogen and oxygen atoms in total. The van der Waals surface area contributed by atoms with Crippen molar-refractivity contribution in [2.24, 2.45) is 5.84 Å². The molecule has 0 radical (unpaired) electrons. The van der Waals surface area contributed by atoms with Gasteiger partial charge in [-0.1, -0.05) is 0 Å². The Kier molecular flexibility index (Phi) is 5.92. The van der Waals surface area contributed by atoms with Crippen LogP contribution in [0.1, 0.15) is 30.1 Å². The topological polar surface area (TPSA) is 89.7 Å². The number of nitrogens with zero attached hydrogens (tertiary/aromatic N) is 1. The highest BCUT2D eigenvalue weighted by atomic mass is 19.2. The highest BCUT2D eigenvalue weighted by Crippen LogP contribution is 2.10. The van der Waals surface area contributed by atoms with Crippen LogP contribution in [-0.2, 0) is 14.3 Å². The lowest BCUT2D eigenvalue weighted by Crippen LogP contribution is -2.42. The number of benzene rings is 1. The van der Waals surface area contributed by atoms with Gasteiger partial charge in [-0.2, -0.15) is 0 Å². The number of nitrogens with two attached hydrogens (primary N) is 1. The van der Waals surface area contributed by atoms with Crippen LogP contribution in [0.2, 0.25) is 0 Å². The second kappa shape index (κ2) is 7.44. The average molecular weight is 300 g/mol. The van der Waals surface area contributed by atoms with Crippen LogP contribution in [0.15, 0.2) is 18.2 Å². The Hall–Kier alpha value is -2.35. The molecule has 8 heteroatoms. The first-order chi connectivity index (χ1) is 9.86. The average Bonchev–Trinajstić information content (AvgIpc) is 2.46. The molecular weight excluding hydrogens is 286 g/mol. The standard InChI is InChI=1S/C13H14F2N2O4/c1-2-21-12(19)6-5-11(18)17(16)13(20)8-3-4-9(14)10(15)7-8/h3-4,7H,2,5-6,16H2,1H3. The first-order valence-electron chi connectivity index (χ1n) is 6.09. The van der Waals surface area contributed by atoms with E-state index in [2.05, 4.69) is 4.74 Å². The number of amides is 2. The number of rotatable bonds is 5. The van der Waals surface area contributed by atoms with Gasteiger partial charge in [0.2, 0.25) is 5.91 Å². The van der Waals surface area contributed by atoms with Crippen molar-refractivity contribution < 1.29 is 27.9 Å². The zero-order chi connectivity index (χ0) is 16.0. The third-order valence-electron chi connectivity index (χ3n) is 2.50. The molecule has 0 aliphatic heterocycles. The van der Waals surface area contributed by atoms with Crippen LogP contribution in [0, 0.1) is 11.6 Å². The van der Waals surface area contributed by atoms with Gasteiger partial charge in [0.1, 0.15) is 0 Å².